The molecule has 0 amide bonds. The Morgan fingerprint density at radius 3 is 2.63 bits per heavy atom. The first-order chi connectivity index (χ1) is 9.24. The van der Waals surface area contributed by atoms with Crippen molar-refractivity contribution in [2.24, 2.45) is 11.7 Å². The third kappa shape index (κ3) is 3.50. The molecule has 2 saturated heterocycles. The van der Waals surface area contributed by atoms with E-state index in [1.165, 1.54) is 71.2 Å². The Bertz CT molecular complexity index is 269. The molecule has 0 aromatic heterocycles. The third-order valence-electron chi connectivity index (χ3n) is 5.60. The summed E-state index contributed by atoms with van der Waals surface area (Å²) in [6.45, 7) is 11.7. The zero-order chi connectivity index (χ0) is 13.7. The quantitative estimate of drug-likeness (QED) is 0.848. The first kappa shape index (κ1) is 15.3. The molecule has 0 aromatic carbocycles. The summed E-state index contributed by atoms with van der Waals surface area (Å²) >= 11 is 0. The lowest BCUT2D eigenvalue weighted by Gasteiger charge is -2.47. The third-order valence-corrected chi connectivity index (χ3v) is 5.60. The lowest BCUT2D eigenvalue weighted by molar-refractivity contribution is 0.0352. The van der Waals surface area contributed by atoms with Crippen molar-refractivity contribution in [3.8, 4) is 0 Å². The minimum Gasteiger partial charge on any atom is -0.329 e. The van der Waals surface area contributed by atoms with E-state index < -0.39 is 0 Å². The van der Waals surface area contributed by atoms with Crippen LogP contribution >= 0.6 is 0 Å². The molecule has 2 N–H and O–H groups in total. The molecule has 2 fully saturated rings. The fourth-order valence-electron chi connectivity index (χ4n) is 4.03. The van der Waals surface area contributed by atoms with Crippen LogP contribution in [0.25, 0.3) is 0 Å². The SMILES string of the molecule is CCC1CCCN(C2(CN)CCCN(CC)CC2)C1. The van der Waals surface area contributed by atoms with Crippen molar-refractivity contribution in [2.75, 3.05) is 39.3 Å². The Balaban J connectivity index is 2.04. The van der Waals surface area contributed by atoms with Gasteiger partial charge in [-0.2, -0.15) is 0 Å². The van der Waals surface area contributed by atoms with Crippen molar-refractivity contribution < 1.29 is 0 Å². The maximum atomic E-state index is 6.25. The fraction of sp³-hybridized carbons (Fsp3) is 1.00. The molecule has 19 heavy (non-hydrogen) atoms. The summed E-state index contributed by atoms with van der Waals surface area (Å²) in [4.78, 5) is 5.36. The smallest absolute Gasteiger partial charge is 0.0344 e. The standard InChI is InChI=1S/C16H33N3/c1-3-15-7-5-11-19(13-15)16(14-17)8-6-10-18(4-2)12-9-16/h15H,3-14,17H2,1-2H3. The van der Waals surface area contributed by atoms with E-state index in [2.05, 4.69) is 23.6 Å². The molecule has 0 spiro atoms. The second-order valence-corrected chi connectivity index (χ2v) is 6.58. The lowest BCUT2D eigenvalue weighted by Crippen LogP contribution is -2.57. The maximum absolute atomic E-state index is 6.25. The maximum Gasteiger partial charge on any atom is 0.0344 e. The summed E-state index contributed by atoms with van der Waals surface area (Å²) in [6, 6.07) is 0. The minimum atomic E-state index is 0.303. The van der Waals surface area contributed by atoms with Crippen molar-refractivity contribution >= 4 is 0 Å². The molecular weight excluding hydrogens is 234 g/mol. The summed E-state index contributed by atoms with van der Waals surface area (Å²) in [5.41, 5.74) is 6.56. The summed E-state index contributed by atoms with van der Waals surface area (Å²) < 4.78 is 0. The van der Waals surface area contributed by atoms with Gasteiger partial charge < -0.3 is 10.6 Å². The van der Waals surface area contributed by atoms with Crippen LogP contribution in [0.2, 0.25) is 0 Å². The van der Waals surface area contributed by atoms with Crippen molar-refractivity contribution in [1.29, 1.82) is 0 Å². The van der Waals surface area contributed by atoms with E-state index in [0.29, 0.717) is 5.54 Å². The highest BCUT2D eigenvalue weighted by Gasteiger charge is 2.38. The Morgan fingerprint density at radius 1 is 1.11 bits per heavy atom. The Hall–Kier alpha value is -0.120. The van der Waals surface area contributed by atoms with Gasteiger partial charge in [0.25, 0.3) is 0 Å². The highest BCUT2D eigenvalue weighted by molar-refractivity contribution is 4.96. The van der Waals surface area contributed by atoms with Crippen LogP contribution in [0.15, 0.2) is 0 Å². The zero-order valence-corrected chi connectivity index (χ0v) is 13.0. The van der Waals surface area contributed by atoms with Crippen molar-refractivity contribution in [3.63, 3.8) is 0 Å². The second kappa shape index (κ2) is 7.05. The van der Waals surface area contributed by atoms with Gasteiger partial charge in [0, 0.05) is 18.6 Å². The van der Waals surface area contributed by atoms with E-state index >= 15 is 0 Å². The van der Waals surface area contributed by atoms with Crippen LogP contribution < -0.4 is 5.73 Å². The molecule has 2 aliphatic heterocycles. The van der Waals surface area contributed by atoms with Crippen LogP contribution in [0.5, 0.6) is 0 Å². The number of hydrogen-bond acceptors (Lipinski definition) is 3. The second-order valence-electron chi connectivity index (χ2n) is 6.58. The normalized spacial score (nSPS) is 35.2. The van der Waals surface area contributed by atoms with Gasteiger partial charge in [0.2, 0.25) is 0 Å². The molecule has 3 heteroatoms. The number of nitrogens with two attached hydrogens (primary N) is 1. The van der Waals surface area contributed by atoms with Gasteiger partial charge in [-0.1, -0.05) is 20.3 Å². The number of rotatable bonds is 4. The van der Waals surface area contributed by atoms with Gasteiger partial charge in [-0.05, 0) is 64.2 Å². The average Bonchev–Trinajstić information content (AvgIpc) is 2.70. The van der Waals surface area contributed by atoms with Crippen LogP contribution in [-0.2, 0) is 0 Å². The number of hydrogen-bond donors (Lipinski definition) is 1. The lowest BCUT2D eigenvalue weighted by atomic mass is 9.84. The molecule has 112 valence electrons. The molecule has 3 nitrogen and oxygen atoms in total. The molecule has 2 rings (SSSR count). The molecule has 0 radical (unpaired) electrons. The molecule has 2 heterocycles. The summed E-state index contributed by atoms with van der Waals surface area (Å²) in [5, 5.41) is 0. The monoisotopic (exact) mass is 267 g/mol. The van der Waals surface area contributed by atoms with Crippen molar-refractivity contribution in [1.82, 2.24) is 9.80 Å². The van der Waals surface area contributed by atoms with Crippen LogP contribution in [0.1, 0.15) is 52.4 Å². The van der Waals surface area contributed by atoms with Gasteiger partial charge in [-0.15, -0.1) is 0 Å². The highest BCUT2D eigenvalue weighted by Crippen LogP contribution is 2.32. The van der Waals surface area contributed by atoms with E-state index in [4.69, 9.17) is 5.73 Å². The number of nitrogens with zero attached hydrogens (tertiary/aromatic N) is 2. The topological polar surface area (TPSA) is 32.5 Å². The van der Waals surface area contributed by atoms with E-state index in [1.54, 1.807) is 0 Å². The molecule has 0 saturated carbocycles. The van der Waals surface area contributed by atoms with E-state index in [1.807, 2.05) is 0 Å². The molecule has 2 aliphatic rings. The predicted octanol–water partition coefficient (Wildman–Crippen LogP) is 2.31. The molecule has 0 aromatic rings. The predicted molar refractivity (Wildman–Crippen MR) is 82.3 cm³/mol. The van der Waals surface area contributed by atoms with Gasteiger partial charge in [0.15, 0.2) is 0 Å². The van der Waals surface area contributed by atoms with Gasteiger partial charge in [0.1, 0.15) is 0 Å². The molecular formula is C16H33N3. The minimum absolute atomic E-state index is 0.303. The van der Waals surface area contributed by atoms with Crippen LogP contribution in [0.3, 0.4) is 0 Å². The Kier molecular flexibility index (Phi) is 5.67. The molecule has 0 bridgehead atoms. The summed E-state index contributed by atoms with van der Waals surface area (Å²) in [5.74, 6) is 0.905. The van der Waals surface area contributed by atoms with Crippen LogP contribution in [-0.4, -0.2) is 54.6 Å². The Morgan fingerprint density at radius 2 is 1.95 bits per heavy atom. The van der Waals surface area contributed by atoms with Gasteiger partial charge in [-0.3, -0.25) is 4.90 Å². The average molecular weight is 267 g/mol. The summed E-state index contributed by atoms with van der Waals surface area (Å²) in [7, 11) is 0. The van der Waals surface area contributed by atoms with Crippen LogP contribution in [0, 0.1) is 5.92 Å². The van der Waals surface area contributed by atoms with Crippen molar-refractivity contribution in [3.05, 3.63) is 0 Å². The van der Waals surface area contributed by atoms with E-state index in [9.17, 15) is 0 Å². The fourth-order valence-corrected chi connectivity index (χ4v) is 4.03. The van der Waals surface area contributed by atoms with Gasteiger partial charge >= 0.3 is 0 Å². The molecule has 2 atom stereocenters. The molecule has 0 aliphatic carbocycles. The van der Waals surface area contributed by atoms with Gasteiger partial charge in [0.05, 0.1) is 0 Å². The molecule has 2 unspecified atom stereocenters. The first-order valence-corrected chi connectivity index (χ1v) is 8.41. The van der Waals surface area contributed by atoms with Crippen LogP contribution in [0.4, 0.5) is 0 Å². The first-order valence-electron chi connectivity index (χ1n) is 8.41. The number of likely N-dealkylation sites (tertiary alicyclic amines) is 2. The van der Waals surface area contributed by atoms with Crippen molar-refractivity contribution in [2.45, 2.75) is 57.9 Å². The Labute approximate surface area is 119 Å². The zero-order valence-electron chi connectivity index (χ0n) is 13.0. The highest BCUT2D eigenvalue weighted by atomic mass is 15.2. The van der Waals surface area contributed by atoms with E-state index in [0.717, 1.165) is 12.5 Å². The van der Waals surface area contributed by atoms with E-state index in [-0.39, 0.29) is 0 Å². The number of piperidine rings is 1. The van der Waals surface area contributed by atoms with Gasteiger partial charge in [-0.25, -0.2) is 0 Å². The summed E-state index contributed by atoms with van der Waals surface area (Å²) in [6.07, 6.45) is 8.02. The largest absolute Gasteiger partial charge is 0.329 e.